The average molecular weight is 138 g/mol. The van der Waals surface area contributed by atoms with E-state index < -0.39 is 14.7 Å². The summed E-state index contributed by atoms with van der Waals surface area (Å²) in [4.78, 5) is 16.3. The molecule has 0 radical (unpaired) electrons. The Labute approximate surface area is 47.7 Å². The molecule has 0 aromatic rings. The molecule has 0 heterocycles. The fourth-order valence-corrected chi connectivity index (χ4v) is 0. The predicted octanol–water partition coefficient (Wildman–Crippen LogP) is -0.0930. The van der Waals surface area contributed by atoms with Gasteiger partial charge in [-0.3, -0.25) is 4.57 Å². The van der Waals surface area contributed by atoms with Gasteiger partial charge in [0.15, 0.2) is 8.69 Å². The van der Waals surface area contributed by atoms with Crippen LogP contribution in [-0.4, -0.2) is 16.0 Å². The first-order valence-electron chi connectivity index (χ1n) is 1.62. The third-order valence-corrected chi connectivity index (χ3v) is 0.175. The van der Waals surface area contributed by atoms with Crippen molar-refractivity contribution in [2.24, 2.45) is 0 Å². The molecule has 0 saturated carbocycles. The molecule has 0 amide bonds. The summed E-state index contributed by atoms with van der Waals surface area (Å²) in [5.41, 5.74) is 0. The summed E-state index contributed by atoms with van der Waals surface area (Å²) in [5, 5.41) is 7.60. The van der Waals surface area contributed by atoms with Gasteiger partial charge in [-0.05, 0) is 0 Å². The van der Waals surface area contributed by atoms with E-state index >= 15 is 0 Å². The van der Waals surface area contributed by atoms with Gasteiger partial charge in [-0.25, -0.2) is 4.79 Å². The number of carboxylic acids is 1. The Morgan fingerprint density at radius 3 is 1.88 bits per heavy atom. The number of aliphatic carboxylic acids is 1. The molecule has 0 saturated heterocycles. The Hall–Kier alpha value is -0.600. The highest BCUT2D eigenvalue weighted by Crippen LogP contribution is 1.66. The van der Waals surface area contributed by atoms with Crippen LogP contribution in [0, 0.1) is 0 Å². The molecule has 0 rings (SSSR count). The molecule has 0 aromatic carbocycles. The highest BCUT2D eigenvalue weighted by molar-refractivity contribution is 7.16. The van der Waals surface area contributed by atoms with Crippen LogP contribution in [0.15, 0.2) is 12.7 Å². The van der Waals surface area contributed by atoms with E-state index in [0.29, 0.717) is 0 Å². The van der Waals surface area contributed by atoms with Gasteiger partial charge >= 0.3 is 5.97 Å². The molecule has 2 N–H and O–H groups in total. The van der Waals surface area contributed by atoms with Gasteiger partial charge in [-0.15, -0.1) is 0 Å². The average Bonchev–Trinajstić information content (AvgIpc) is 1.69. The molecule has 0 aromatic heterocycles. The number of hydrogen-bond acceptors (Lipinski definition) is 2. The van der Waals surface area contributed by atoms with Gasteiger partial charge in [0.05, 0.1) is 0 Å². The van der Waals surface area contributed by atoms with E-state index in [4.69, 9.17) is 14.6 Å². The largest absolute Gasteiger partial charge is 0.478 e. The molecule has 1 unspecified atom stereocenters. The quantitative estimate of drug-likeness (QED) is 0.392. The summed E-state index contributed by atoms with van der Waals surface area (Å²) in [5.74, 6) is -0.981. The zero-order chi connectivity index (χ0) is 6.99. The minimum Gasteiger partial charge on any atom is -0.478 e. The van der Waals surface area contributed by atoms with Gasteiger partial charge in [0.2, 0.25) is 0 Å². The molecule has 0 aliphatic rings. The minimum atomic E-state index is -1.50. The van der Waals surface area contributed by atoms with Gasteiger partial charge in [-0.2, -0.15) is 0 Å². The van der Waals surface area contributed by atoms with Crippen LogP contribution >= 0.6 is 8.69 Å². The van der Waals surface area contributed by atoms with E-state index in [0.717, 1.165) is 6.08 Å². The first-order chi connectivity index (χ1) is 3.68. The lowest BCUT2D eigenvalue weighted by atomic mass is 10.7. The van der Waals surface area contributed by atoms with Crippen molar-refractivity contribution in [1.82, 2.24) is 0 Å². The lowest BCUT2D eigenvalue weighted by Crippen LogP contribution is -1.82. The van der Waals surface area contributed by atoms with E-state index in [1.807, 2.05) is 0 Å². The fraction of sp³-hybridized carbons (Fsp3) is 0. The van der Waals surface area contributed by atoms with Crippen molar-refractivity contribution < 1.29 is 19.4 Å². The normalized spacial score (nSPS) is 7.62. The van der Waals surface area contributed by atoms with Crippen molar-refractivity contribution in [1.29, 1.82) is 0 Å². The van der Waals surface area contributed by atoms with Gasteiger partial charge in [0, 0.05) is 6.08 Å². The highest BCUT2D eigenvalue weighted by atomic mass is 31.1. The van der Waals surface area contributed by atoms with E-state index in [-0.39, 0.29) is 0 Å². The molecule has 0 bridgehead atoms. The Bertz CT molecular complexity index is 89.3. The maximum Gasteiger partial charge on any atom is 0.327 e. The second kappa shape index (κ2) is 9.64. The summed E-state index contributed by atoms with van der Waals surface area (Å²) >= 11 is 0. The molecule has 1 atom stereocenters. The van der Waals surface area contributed by atoms with Crippen molar-refractivity contribution in [3.63, 3.8) is 0 Å². The molecule has 48 valence electrons. The fourth-order valence-electron chi connectivity index (χ4n) is 0. The van der Waals surface area contributed by atoms with Gasteiger partial charge < -0.3 is 10.00 Å². The Kier molecular flexibility index (Phi) is 12.5. The van der Waals surface area contributed by atoms with Crippen LogP contribution in [0.5, 0.6) is 0 Å². The molecule has 0 aliphatic carbocycles. The lowest BCUT2D eigenvalue weighted by Gasteiger charge is -1.64. The van der Waals surface area contributed by atoms with Gasteiger partial charge in [-0.1, -0.05) is 6.58 Å². The highest BCUT2D eigenvalue weighted by Gasteiger charge is 1.73. The predicted molar refractivity (Wildman–Crippen MR) is 30.4 cm³/mol. The number of rotatable bonds is 1. The maximum absolute atomic E-state index is 9.25. The molecule has 8 heavy (non-hydrogen) atoms. The van der Waals surface area contributed by atoms with Crippen LogP contribution < -0.4 is 0 Å². The summed E-state index contributed by atoms with van der Waals surface area (Å²) in [6, 6.07) is 0. The lowest BCUT2D eigenvalue weighted by molar-refractivity contribution is -0.131. The molecular weight excluding hydrogens is 131 g/mol. The molecule has 0 aliphatic heterocycles. The first kappa shape index (κ1) is 10.4. The number of carbonyl (C=O) groups is 1. The van der Waals surface area contributed by atoms with Crippen LogP contribution in [0.2, 0.25) is 0 Å². The molecule has 4 nitrogen and oxygen atoms in total. The Morgan fingerprint density at radius 2 is 1.88 bits per heavy atom. The zero-order valence-electron chi connectivity index (χ0n) is 4.07. The third kappa shape index (κ3) is 53.3. The van der Waals surface area contributed by atoms with E-state index in [2.05, 4.69) is 6.58 Å². The third-order valence-electron chi connectivity index (χ3n) is 0.175. The topological polar surface area (TPSA) is 74.6 Å². The van der Waals surface area contributed by atoms with Crippen LogP contribution in [0.4, 0.5) is 0 Å². The van der Waals surface area contributed by atoms with Gasteiger partial charge in [0.25, 0.3) is 0 Å². The van der Waals surface area contributed by atoms with E-state index in [9.17, 15) is 4.79 Å². The van der Waals surface area contributed by atoms with E-state index in [1.165, 1.54) is 0 Å². The zero-order valence-corrected chi connectivity index (χ0v) is 5.23. The number of hydrogen-bond donors (Lipinski definition) is 2. The number of carboxylic acid groups (broad SMARTS) is 1. The van der Waals surface area contributed by atoms with Crippen LogP contribution in [0.1, 0.15) is 0 Å². The monoisotopic (exact) mass is 138 g/mol. The van der Waals surface area contributed by atoms with Crippen LogP contribution in [0.3, 0.4) is 0 Å². The van der Waals surface area contributed by atoms with Crippen molar-refractivity contribution >= 4 is 14.7 Å². The van der Waals surface area contributed by atoms with Gasteiger partial charge in [0.1, 0.15) is 0 Å². The summed E-state index contributed by atoms with van der Waals surface area (Å²) in [6.07, 6.45) is 0.833. The summed E-state index contributed by atoms with van der Waals surface area (Å²) < 4.78 is 8.57. The van der Waals surface area contributed by atoms with Crippen molar-refractivity contribution in [3.8, 4) is 0 Å². The molecule has 0 spiro atoms. The molecular formula is C3H7O4P. The van der Waals surface area contributed by atoms with Crippen LogP contribution in [-0.2, 0) is 9.36 Å². The molecule has 0 fully saturated rings. The molecule has 5 heteroatoms. The van der Waals surface area contributed by atoms with Crippen LogP contribution in [0.25, 0.3) is 0 Å². The first-order valence-corrected chi connectivity index (χ1v) is 2.61. The van der Waals surface area contributed by atoms with E-state index in [1.54, 1.807) is 0 Å². The standard InChI is InChI=1S/C3H4O2.H3O2P/c1-2-3(4)5;1-3-2/h2H,1H2,(H,4,5);3H2,(H,1,2). The second-order valence-corrected chi connectivity index (χ2v) is 0.859. The second-order valence-electron chi connectivity index (χ2n) is 0.648. The Morgan fingerprint density at radius 1 is 1.75 bits per heavy atom. The van der Waals surface area contributed by atoms with Crippen molar-refractivity contribution in [2.45, 2.75) is 0 Å². The maximum atomic E-state index is 9.25. The Balaban J connectivity index is 0. The van der Waals surface area contributed by atoms with Crippen molar-refractivity contribution in [2.75, 3.05) is 0 Å². The van der Waals surface area contributed by atoms with Crippen molar-refractivity contribution in [3.05, 3.63) is 12.7 Å². The minimum absolute atomic E-state index is 0.833. The SMILES string of the molecule is C=CC(=O)O.O=[PH2]O. The summed E-state index contributed by atoms with van der Waals surface area (Å²) in [7, 11) is -1.50. The smallest absolute Gasteiger partial charge is 0.327 e. The summed E-state index contributed by atoms with van der Waals surface area (Å²) in [6.45, 7) is 2.96.